The van der Waals surface area contributed by atoms with Gasteiger partial charge in [0.05, 0.1) is 6.26 Å². The average molecular weight is 398 g/mol. The first-order chi connectivity index (χ1) is 14.1. The minimum atomic E-state index is -0.661. The Labute approximate surface area is 169 Å². The van der Waals surface area contributed by atoms with Crippen LogP contribution in [0.15, 0.2) is 41.0 Å². The summed E-state index contributed by atoms with van der Waals surface area (Å²) >= 11 is 0. The van der Waals surface area contributed by atoms with Crippen LogP contribution in [0.2, 0.25) is 0 Å². The van der Waals surface area contributed by atoms with Crippen LogP contribution in [0.5, 0.6) is 11.5 Å². The summed E-state index contributed by atoms with van der Waals surface area (Å²) in [6, 6.07) is 8.62. The van der Waals surface area contributed by atoms with Gasteiger partial charge in [0, 0.05) is 12.0 Å². The fourth-order valence-corrected chi connectivity index (χ4v) is 4.14. The molecular weight excluding hydrogens is 372 g/mol. The Morgan fingerprint density at radius 3 is 2.59 bits per heavy atom. The first-order valence-corrected chi connectivity index (χ1v) is 10.1. The number of nitrogens with one attached hydrogen (secondary N) is 2. The third-order valence-corrected chi connectivity index (χ3v) is 5.80. The van der Waals surface area contributed by atoms with E-state index in [-0.39, 0.29) is 17.1 Å². The van der Waals surface area contributed by atoms with E-state index in [2.05, 4.69) is 16.7 Å². The second-order valence-electron chi connectivity index (χ2n) is 7.74. The molecule has 1 aromatic heterocycles. The van der Waals surface area contributed by atoms with E-state index in [4.69, 9.17) is 13.9 Å². The summed E-state index contributed by atoms with van der Waals surface area (Å²) in [5, 5.41) is 5.71. The van der Waals surface area contributed by atoms with Gasteiger partial charge in [0.1, 0.15) is 19.3 Å². The number of carbonyl (C=O) groups is 2. The van der Waals surface area contributed by atoms with Gasteiger partial charge in [0.25, 0.3) is 5.91 Å². The monoisotopic (exact) mass is 398 g/mol. The fraction of sp³-hybridized carbons (Fsp3) is 0.455. The van der Waals surface area contributed by atoms with Gasteiger partial charge in [-0.1, -0.05) is 18.9 Å². The zero-order valence-corrected chi connectivity index (χ0v) is 16.5. The average Bonchev–Trinajstić information content (AvgIpc) is 3.44. The number of hydrogen-bond donors (Lipinski definition) is 2. The summed E-state index contributed by atoms with van der Waals surface area (Å²) in [4.78, 5) is 24.7. The molecule has 1 atom stereocenters. The van der Waals surface area contributed by atoms with Crippen LogP contribution >= 0.6 is 0 Å². The number of fused-ring (bicyclic) bond motifs is 1. The molecule has 7 nitrogen and oxygen atoms in total. The van der Waals surface area contributed by atoms with Crippen LogP contribution in [0.4, 0.5) is 0 Å². The van der Waals surface area contributed by atoms with Crippen molar-refractivity contribution < 1.29 is 23.5 Å². The number of amides is 2. The zero-order chi connectivity index (χ0) is 20.3. The maximum Gasteiger partial charge on any atom is 0.287 e. The summed E-state index contributed by atoms with van der Waals surface area (Å²) < 4.78 is 16.4. The molecule has 0 bridgehead atoms. The van der Waals surface area contributed by atoms with E-state index >= 15 is 0 Å². The van der Waals surface area contributed by atoms with Crippen LogP contribution in [-0.2, 0) is 10.2 Å². The molecule has 2 aromatic rings. The third-order valence-electron chi connectivity index (χ3n) is 5.80. The van der Waals surface area contributed by atoms with Crippen molar-refractivity contribution in [1.82, 2.24) is 10.6 Å². The van der Waals surface area contributed by atoms with E-state index in [1.807, 2.05) is 12.1 Å². The molecule has 7 heteroatoms. The Bertz CT molecular complexity index is 871. The van der Waals surface area contributed by atoms with Gasteiger partial charge in [-0.2, -0.15) is 0 Å². The standard InChI is InChI=1S/C22H26N2O5/c1-15(24-21(26)18-5-4-10-27-18)20(25)23-14-22(8-2-3-9-22)16-6-7-17-19(13-16)29-12-11-28-17/h4-7,10,13,15H,2-3,8-9,11-12,14H2,1H3,(H,23,25)(H,24,26)/t15-/m1/s1. The van der Waals surface area contributed by atoms with Crippen LogP contribution in [0, 0.1) is 0 Å². The van der Waals surface area contributed by atoms with Gasteiger partial charge in [-0.3, -0.25) is 9.59 Å². The molecule has 1 saturated carbocycles. The van der Waals surface area contributed by atoms with Gasteiger partial charge in [-0.15, -0.1) is 0 Å². The molecule has 4 rings (SSSR count). The highest BCUT2D eigenvalue weighted by Crippen LogP contribution is 2.43. The van der Waals surface area contributed by atoms with E-state index in [0.717, 1.165) is 42.7 Å². The number of benzene rings is 1. The molecule has 2 heterocycles. The Morgan fingerprint density at radius 2 is 1.86 bits per heavy atom. The van der Waals surface area contributed by atoms with Gasteiger partial charge < -0.3 is 24.5 Å². The van der Waals surface area contributed by atoms with E-state index in [1.165, 1.54) is 6.26 Å². The predicted molar refractivity (Wildman–Crippen MR) is 106 cm³/mol. The molecule has 29 heavy (non-hydrogen) atoms. The molecule has 1 aliphatic heterocycles. The molecule has 0 saturated heterocycles. The van der Waals surface area contributed by atoms with Gasteiger partial charge in [0.15, 0.2) is 17.3 Å². The van der Waals surface area contributed by atoms with E-state index in [0.29, 0.717) is 19.8 Å². The van der Waals surface area contributed by atoms with Crippen molar-refractivity contribution in [1.29, 1.82) is 0 Å². The van der Waals surface area contributed by atoms with Crippen LogP contribution in [0.25, 0.3) is 0 Å². The lowest BCUT2D eigenvalue weighted by molar-refractivity contribution is -0.122. The summed E-state index contributed by atoms with van der Waals surface area (Å²) in [5.74, 6) is 1.11. The van der Waals surface area contributed by atoms with Crippen LogP contribution in [0.3, 0.4) is 0 Å². The topological polar surface area (TPSA) is 89.8 Å². The van der Waals surface area contributed by atoms with Crippen molar-refractivity contribution in [3.63, 3.8) is 0 Å². The lowest BCUT2D eigenvalue weighted by Crippen LogP contribution is -2.48. The molecule has 2 aliphatic rings. The fourth-order valence-electron chi connectivity index (χ4n) is 4.14. The summed E-state index contributed by atoms with van der Waals surface area (Å²) in [7, 11) is 0. The largest absolute Gasteiger partial charge is 0.486 e. The van der Waals surface area contributed by atoms with Crippen molar-refractivity contribution in [3.8, 4) is 11.5 Å². The Hall–Kier alpha value is -2.96. The highest BCUT2D eigenvalue weighted by molar-refractivity contribution is 5.95. The minimum Gasteiger partial charge on any atom is -0.486 e. The van der Waals surface area contributed by atoms with Crippen molar-refractivity contribution in [2.45, 2.75) is 44.1 Å². The number of carbonyl (C=O) groups excluding carboxylic acids is 2. The summed E-state index contributed by atoms with van der Waals surface area (Å²) in [6.07, 6.45) is 5.67. The molecule has 1 aliphatic carbocycles. The molecule has 1 aromatic carbocycles. The first kappa shape index (κ1) is 19.4. The van der Waals surface area contributed by atoms with Gasteiger partial charge in [-0.25, -0.2) is 0 Å². The number of rotatable bonds is 6. The SMILES string of the molecule is C[C@@H](NC(=O)c1ccco1)C(=O)NCC1(c2ccc3c(c2)OCCO3)CCCC1. The van der Waals surface area contributed by atoms with Gasteiger partial charge >= 0.3 is 0 Å². The smallest absolute Gasteiger partial charge is 0.287 e. The van der Waals surface area contributed by atoms with Crippen molar-refractivity contribution in [3.05, 3.63) is 47.9 Å². The second-order valence-corrected chi connectivity index (χ2v) is 7.74. The zero-order valence-electron chi connectivity index (χ0n) is 16.5. The lowest BCUT2D eigenvalue weighted by atomic mass is 9.78. The van der Waals surface area contributed by atoms with Crippen molar-refractivity contribution >= 4 is 11.8 Å². The molecule has 2 N–H and O–H groups in total. The normalized spacial score (nSPS) is 18.1. The molecule has 154 valence electrons. The van der Waals surface area contributed by atoms with E-state index in [9.17, 15) is 9.59 Å². The Kier molecular flexibility index (Phi) is 5.47. The third kappa shape index (κ3) is 4.09. The van der Waals surface area contributed by atoms with Crippen LogP contribution in [0.1, 0.15) is 48.7 Å². The maximum atomic E-state index is 12.6. The molecule has 1 fully saturated rings. The molecule has 0 radical (unpaired) electrons. The molecule has 0 unspecified atom stereocenters. The first-order valence-electron chi connectivity index (χ1n) is 10.1. The predicted octanol–water partition coefficient (Wildman–Crippen LogP) is 2.80. The number of furan rings is 1. The lowest BCUT2D eigenvalue weighted by Gasteiger charge is -2.32. The van der Waals surface area contributed by atoms with Crippen molar-refractivity contribution in [2.24, 2.45) is 0 Å². The maximum absolute atomic E-state index is 12.6. The Balaban J connectivity index is 1.42. The second kappa shape index (κ2) is 8.19. The highest BCUT2D eigenvalue weighted by Gasteiger charge is 2.37. The van der Waals surface area contributed by atoms with E-state index in [1.54, 1.807) is 19.1 Å². The molecule has 0 spiro atoms. The van der Waals surface area contributed by atoms with Gasteiger partial charge in [-0.05, 0) is 49.6 Å². The summed E-state index contributed by atoms with van der Waals surface area (Å²) in [6.45, 7) is 3.30. The molecular formula is C22H26N2O5. The van der Waals surface area contributed by atoms with Crippen LogP contribution in [-0.4, -0.2) is 37.6 Å². The summed E-state index contributed by atoms with van der Waals surface area (Å²) in [5.41, 5.74) is 1.03. The quantitative estimate of drug-likeness (QED) is 0.781. The van der Waals surface area contributed by atoms with E-state index < -0.39 is 11.9 Å². The van der Waals surface area contributed by atoms with Crippen LogP contribution < -0.4 is 20.1 Å². The number of ether oxygens (including phenoxy) is 2. The molecule has 2 amide bonds. The highest BCUT2D eigenvalue weighted by atomic mass is 16.6. The van der Waals surface area contributed by atoms with Gasteiger partial charge in [0.2, 0.25) is 5.91 Å². The number of hydrogen-bond acceptors (Lipinski definition) is 5. The minimum absolute atomic E-state index is 0.129. The van der Waals surface area contributed by atoms with Crippen molar-refractivity contribution in [2.75, 3.05) is 19.8 Å². The Morgan fingerprint density at radius 1 is 1.10 bits per heavy atom.